The summed E-state index contributed by atoms with van der Waals surface area (Å²) in [6, 6.07) is 9.95. The number of fused-ring (bicyclic) bond motifs is 1. The maximum atomic E-state index is 14.7. The summed E-state index contributed by atoms with van der Waals surface area (Å²) < 4.78 is 55.3. The number of nitrogens with one attached hydrogen (secondary N) is 2. The molecule has 2 atom stereocenters. The Morgan fingerprint density at radius 2 is 1.93 bits per heavy atom. The van der Waals surface area contributed by atoms with Gasteiger partial charge < -0.3 is 5.32 Å². The van der Waals surface area contributed by atoms with E-state index in [0.29, 0.717) is 12.0 Å². The van der Waals surface area contributed by atoms with Crippen LogP contribution in [0, 0.1) is 23.5 Å². The van der Waals surface area contributed by atoms with Crippen LogP contribution in [0.3, 0.4) is 0 Å². The molecule has 2 aromatic carbocycles. The smallest absolute Gasteiger partial charge is 0.212 e. The second-order valence-electron chi connectivity index (χ2n) is 8.65. The minimum absolute atomic E-state index is 0.0441. The van der Waals surface area contributed by atoms with Gasteiger partial charge >= 0.3 is 0 Å². The summed E-state index contributed by atoms with van der Waals surface area (Å²) in [7, 11) is -1.51. The van der Waals surface area contributed by atoms with Crippen molar-refractivity contribution in [3.05, 3.63) is 70.3 Å². The Hall–Kier alpha value is -1.83. The Morgan fingerprint density at radius 3 is 2.63 bits per heavy atom. The van der Waals surface area contributed by atoms with Gasteiger partial charge in [0.05, 0.1) is 5.75 Å². The first-order valence-electron chi connectivity index (χ1n) is 10.5. The zero-order valence-corrected chi connectivity index (χ0v) is 17.9. The van der Waals surface area contributed by atoms with Crippen LogP contribution < -0.4 is 10.0 Å². The molecule has 30 heavy (non-hydrogen) atoms. The van der Waals surface area contributed by atoms with Crippen LogP contribution >= 0.6 is 0 Å². The SMILES string of the molecule is CNCC1Cc2cc(F)c(CNS(=O)(=O)CC3CC3)cc2C1Cc1cccc(F)c1. The van der Waals surface area contributed by atoms with Crippen LogP contribution in [0.5, 0.6) is 0 Å². The molecule has 4 nitrogen and oxygen atoms in total. The fourth-order valence-electron chi connectivity index (χ4n) is 4.53. The number of hydrogen-bond acceptors (Lipinski definition) is 3. The van der Waals surface area contributed by atoms with Crippen molar-refractivity contribution in [2.75, 3.05) is 19.3 Å². The Kier molecular flexibility index (Phi) is 6.23. The van der Waals surface area contributed by atoms with Crippen LogP contribution in [0.15, 0.2) is 36.4 Å². The second-order valence-corrected chi connectivity index (χ2v) is 10.5. The first-order valence-corrected chi connectivity index (χ1v) is 12.2. The second kappa shape index (κ2) is 8.73. The number of rotatable bonds is 9. The van der Waals surface area contributed by atoms with Gasteiger partial charge in [0, 0.05) is 12.1 Å². The van der Waals surface area contributed by atoms with E-state index < -0.39 is 10.0 Å². The summed E-state index contributed by atoms with van der Waals surface area (Å²) in [6.45, 7) is 0.733. The third kappa shape index (κ3) is 5.07. The molecule has 0 saturated heterocycles. The zero-order chi connectivity index (χ0) is 21.3. The number of hydrogen-bond donors (Lipinski definition) is 2. The lowest BCUT2D eigenvalue weighted by Crippen LogP contribution is -2.27. The maximum absolute atomic E-state index is 14.7. The van der Waals surface area contributed by atoms with E-state index in [9.17, 15) is 17.2 Å². The lowest BCUT2D eigenvalue weighted by atomic mass is 9.86. The van der Waals surface area contributed by atoms with Crippen molar-refractivity contribution in [3.63, 3.8) is 0 Å². The molecule has 2 aliphatic carbocycles. The molecule has 4 rings (SSSR count). The first kappa shape index (κ1) is 21.4. The van der Waals surface area contributed by atoms with E-state index in [1.54, 1.807) is 18.2 Å². The molecule has 2 aliphatic rings. The van der Waals surface area contributed by atoms with E-state index in [2.05, 4.69) is 10.0 Å². The quantitative estimate of drug-likeness (QED) is 0.635. The average Bonchev–Trinajstić information content (AvgIpc) is 3.43. The van der Waals surface area contributed by atoms with Crippen LogP contribution in [0.4, 0.5) is 8.78 Å². The van der Waals surface area contributed by atoms with Crippen LogP contribution in [-0.2, 0) is 29.4 Å². The molecule has 162 valence electrons. The number of halogens is 2. The van der Waals surface area contributed by atoms with Gasteiger partial charge in [0.1, 0.15) is 11.6 Å². The highest BCUT2D eigenvalue weighted by Crippen LogP contribution is 2.41. The molecule has 0 heterocycles. The van der Waals surface area contributed by atoms with Crippen molar-refractivity contribution in [2.45, 2.75) is 38.1 Å². The van der Waals surface area contributed by atoms with Gasteiger partial charge in [-0.1, -0.05) is 18.2 Å². The normalized spacial score (nSPS) is 21.0. The third-order valence-corrected chi connectivity index (χ3v) is 7.70. The van der Waals surface area contributed by atoms with Gasteiger partial charge in [-0.25, -0.2) is 21.9 Å². The summed E-state index contributed by atoms with van der Waals surface area (Å²) in [6.07, 6.45) is 3.31. The minimum Gasteiger partial charge on any atom is -0.319 e. The molecule has 2 unspecified atom stereocenters. The summed E-state index contributed by atoms with van der Waals surface area (Å²) in [5, 5.41) is 3.21. The van der Waals surface area contributed by atoms with Gasteiger partial charge in [0.2, 0.25) is 10.0 Å². The monoisotopic (exact) mass is 434 g/mol. The summed E-state index contributed by atoms with van der Waals surface area (Å²) >= 11 is 0. The Labute approximate surface area is 177 Å². The largest absolute Gasteiger partial charge is 0.319 e. The summed E-state index contributed by atoms with van der Waals surface area (Å²) in [5.41, 5.74) is 3.27. The van der Waals surface area contributed by atoms with Crippen molar-refractivity contribution in [3.8, 4) is 0 Å². The Balaban J connectivity index is 1.57. The summed E-state index contributed by atoms with van der Waals surface area (Å²) in [5.74, 6) is 0.112. The van der Waals surface area contributed by atoms with Crippen molar-refractivity contribution in [1.82, 2.24) is 10.0 Å². The highest BCUT2D eigenvalue weighted by Gasteiger charge is 2.33. The van der Waals surface area contributed by atoms with E-state index in [0.717, 1.165) is 42.5 Å². The standard InChI is InChI=1S/C23H28F2N2O2S/c1-26-12-18-9-17-11-23(25)19(13-27-30(28,29)14-15-5-6-15)10-22(17)21(18)8-16-3-2-4-20(24)7-16/h2-4,7,10-11,15,18,21,26-27H,5-6,8-9,12-14H2,1H3. The molecule has 0 radical (unpaired) electrons. The molecule has 2 aromatic rings. The van der Waals surface area contributed by atoms with Crippen LogP contribution in [0.2, 0.25) is 0 Å². The molecule has 0 aliphatic heterocycles. The topological polar surface area (TPSA) is 58.2 Å². The maximum Gasteiger partial charge on any atom is 0.212 e. The first-order chi connectivity index (χ1) is 14.3. The Bertz CT molecular complexity index is 1020. The van der Waals surface area contributed by atoms with E-state index in [4.69, 9.17) is 0 Å². The predicted molar refractivity (Wildman–Crippen MR) is 114 cm³/mol. The molecule has 1 fully saturated rings. The van der Waals surface area contributed by atoms with Crippen LogP contribution in [-0.4, -0.2) is 27.8 Å². The van der Waals surface area contributed by atoms with Crippen LogP contribution in [0.25, 0.3) is 0 Å². The van der Waals surface area contributed by atoms with Gasteiger partial charge in [0.25, 0.3) is 0 Å². The van der Waals surface area contributed by atoms with Crippen molar-refractivity contribution >= 4 is 10.0 Å². The predicted octanol–water partition coefficient (Wildman–Crippen LogP) is 3.51. The minimum atomic E-state index is -3.40. The molecular weight excluding hydrogens is 406 g/mol. The molecule has 0 bridgehead atoms. The summed E-state index contributed by atoms with van der Waals surface area (Å²) in [4.78, 5) is 0. The highest BCUT2D eigenvalue weighted by atomic mass is 32.2. The number of sulfonamides is 1. The molecule has 0 aromatic heterocycles. The molecule has 7 heteroatoms. The van der Waals surface area contributed by atoms with Gasteiger partial charge in [0.15, 0.2) is 0 Å². The zero-order valence-electron chi connectivity index (χ0n) is 17.1. The number of benzene rings is 2. The highest BCUT2D eigenvalue weighted by molar-refractivity contribution is 7.89. The fraction of sp³-hybridized carbons (Fsp3) is 0.478. The van der Waals surface area contributed by atoms with Gasteiger partial charge in [-0.05, 0) is 91.9 Å². The van der Waals surface area contributed by atoms with Gasteiger partial charge in [-0.15, -0.1) is 0 Å². The molecular formula is C23H28F2N2O2S. The van der Waals surface area contributed by atoms with E-state index in [-0.39, 0.29) is 41.7 Å². The molecule has 2 N–H and O–H groups in total. The third-order valence-electron chi connectivity index (χ3n) is 6.20. The lowest BCUT2D eigenvalue weighted by molar-refractivity contribution is 0.435. The van der Waals surface area contributed by atoms with E-state index in [1.807, 2.05) is 19.2 Å². The van der Waals surface area contributed by atoms with Crippen molar-refractivity contribution < 1.29 is 17.2 Å². The molecule has 0 amide bonds. The fourth-order valence-corrected chi connectivity index (χ4v) is 5.97. The van der Waals surface area contributed by atoms with E-state index in [1.165, 1.54) is 6.07 Å². The van der Waals surface area contributed by atoms with Crippen molar-refractivity contribution in [1.29, 1.82) is 0 Å². The molecule has 0 spiro atoms. The van der Waals surface area contributed by atoms with Crippen molar-refractivity contribution in [2.24, 2.45) is 11.8 Å². The van der Waals surface area contributed by atoms with Crippen LogP contribution in [0.1, 0.15) is 41.0 Å². The van der Waals surface area contributed by atoms with E-state index >= 15 is 0 Å². The van der Waals surface area contributed by atoms with Gasteiger partial charge in [-0.2, -0.15) is 0 Å². The van der Waals surface area contributed by atoms with Gasteiger partial charge in [-0.3, -0.25) is 0 Å². The lowest BCUT2D eigenvalue weighted by Gasteiger charge is -2.21. The Morgan fingerprint density at radius 1 is 1.13 bits per heavy atom. The molecule has 1 saturated carbocycles. The average molecular weight is 435 g/mol.